The molecule has 0 N–H and O–H groups in total. The smallest absolute Gasteiger partial charge is 0.306 e. The van der Waals surface area contributed by atoms with Gasteiger partial charge in [-0.15, -0.1) is 0 Å². The average molecular weight is 1080 g/mol. The van der Waals surface area contributed by atoms with Gasteiger partial charge in [-0.2, -0.15) is 0 Å². The van der Waals surface area contributed by atoms with Gasteiger partial charge in [-0.3, -0.25) is 14.4 Å². The summed E-state index contributed by atoms with van der Waals surface area (Å²) in [4.78, 5) is 38.1. The lowest BCUT2D eigenvalue weighted by atomic mass is 10.0. The van der Waals surface area contributed by atoms with Crippen molar-refractivity contribution in [2.75, 3.05) is 13.2 Å². The summed E-state index contributed by atoms with van der Waals surface area (Å²) in [6.45, 7) is 6.62. The van der Waals surface area contributed by atoms with E-state index in [1.54, 1.807) is 0 Å². The third kappa shape index (κ3) is 64.3. The quantitative estimate of drug-likeness (QED) is 0.0261. The van der Waals surface area contributed by atoms with Crippen LogP contribution in [0, 0.1) is 0 Å². The Kier molecular flexibility index (Phi) is 64.1. The zero-order chi connectivity index (χ0) is 55.7. The largest absolute Gasteiger partial charge is 0.462 e. The van der Waals surface area contributed by atoms with E-state index in [0.29, 0.717) is 19.3 Å². The average Bonchev–Trinajstić information content (AvgIpc) is 3.43. The molecule has 0 saturated heterocycles. The Hall–Kier alpha value is -2.37. The molecule has 6 nitrogen and oxygen atoms in total. The summed E-state index contributed by atoms with van der Waals surface area (Å²) in [6, 6.07) is 0. The van der Waals surface area contributed by atoms with Crippen LogP contribution in [0.2, 0.25) is 0 Å². The van der Waals surface area contributed by atoms with Crippen LogP contribution in [0.3, 0.4) is 0 Å². The molecule has 0 bridgehead atoms. The van der Waals surface area contributed by atoms with Crippen LogP contribution in [-0.2, 0) is 28.6 Å². The fourth-order valence-corrected chi connectivity index (χ4v) is 10.5. The van der Waals surface area contributed by atoms with Gasteiger partial charge in [0.2, 0.25) is 0 Å². The van der Waals surface area contributed by atoms with Gasteiger partial charge < -0.3 is 14.2 Å². The Morgan fingerprint density at radius 2 is 0.468 bits per heavy atom. The second-order valence-electron chi connectivity index (χ2n) is 23.5. The van der Waals surface area contributed by atoms with Crippen molar-refractivity contribution in [1.29, 1.82) is 0 Å². The molecule has 1 atom stereocenters. The van der Waals surface area contributed by atoms with Gasteiger partial charge in [0.05, 0.1) is 0 Å². The van der Waals surface area contributed by atoms with Crippen molar-refractivity contribution in [3.63, 3.8) is 0 Å². The molecule has 0 aliphatic heterocycles. The van der Waals surface area contributed by atoms with Crippen LogP contribution in [0.5, 0.6) is 0 Å². The van der Waals surface area contributed by atoms with Gasteiger partial charge >= 0.3 is 17.9 Å². The van der Waals surface area contributed by atoms with Crippen molar-refractivity contribution < 1.29 is 28.6 Å². The lowest BCUT2D eigenvalue weighted by Gasteiger charge is -2.18. The summed E-state index contributed by atoms with van der Waals surface area (Å²) in [5, 5.41) is 0. The molecule has 0 aromatic rings. The first-order chi connectivity index (χ1) is 38.0. The van der Waals surface area contributed by atoms with Crippen molar-refractivity contribution in [2.45, 2.75) is 386 Å². The monoisotopic (exact) mass is 1080 g/mol. The number of hydrogen-bond donors (Lipinski definition) is 0. The highest BCUT2D eigenvalue weighted by atomic mass is 16.6. The lowest BCUT2D eigenvalue weighted by molar-refractivity contribution is -0.167. The predicted molar refractivity (Wildman–Crippen MR) is 335 cm³/mol. The van der Waals surface area contributed by atoms with E-state index >= 15 is 0 Å². The van der Waals surface area contributed by atoms with Crippen molar-refractivity contribution >= 4 is 17.9 Å². The highest BCUT2D eigenvalue weighted by molar-refractivity contribution is 5.71. The zero-order valence-corrected chi connectivity index (χ0v) is 52.0. The second kappa shape index (κ2) is 66.1. The van der Waals surface area contributed by atoms with Crippen LogP contribution in [-0.4, -0.2) is 37.2 Å². The van der Waals surface area contributed by atoms with Gasteiger partial charge in [0.25, 0.3) is 0 Å². The molecule has 0 radical (unpaired) electrons. The van der Waals surface area contributed by atoms with E-state index in [2.05, 4.69) is 57.2 Å². The topological polar surface area (TPSA) is 78.9 Å². The zero-order valence-electron chi connectivity index (χ0n) is 52.0. The molecular formula is C71H132O6. The second-order valence-corrected chi connectivity index (χ2v) is 23.5. The van der Waals surface area contributed by atoms with Crippen molar-refractivity contribution in [3.8, 4) is 0 Å². The number of allylic oxidation sites excluding steroid dienone is 6. The van der Waals surface area contributed by atoms with Gasteiger partial charge in [0, 0.05) is 19.3 Å². The summed E-state index contributed by atoms with van der Waals surface area (Å²) < 4.78 is 16.8. The van der Waals surface area contributed by atoms with Crippen molar-refractivity contribution in [3.05, 3.63) is 36.5 Å². The molecule has 0 aliphatic carbocycles. The standard InChI is InChI=1S/C71H132O6/c1-4-7-10-13-16-18-20-22-24-26-28-29-30-31-32-33-34-35-36-37-38-39-40-41-43-44-46-48-50-52-55-58-61-64-70(73)76-67-68(66-75-69(72)63-60-57-54-15-12-9-6-3)77-71(74)65-62-59-56-53-51-49-47-45-42-27-25-23-21-19-17-14-11-8-5-2/h17,19,23,25,42,45,68H,4-16,18,20-22,24,26-41,43-44,46-67H2,1-3H3/b19-17-,25-23-,45-42-. The molecule has 1 unspecified atom stereocenters. The molecular weight excluding hydrogens is 949 g/mol. The van der Waals surface area contributed by atoms with Gasteiger partial charge in [0.15, 0.2) is 6.10 Å². The van der Waals surface area contributed by atoms with Gasteiger partial charge in [-0.1, -0.05) is 340 Å². The molecule has 0 saturated carbocycles. The van der Waals surface area contributed by atoms with Crippen LogP contribution in [0.15, 0.2) is 36.5 Å². The number of esters is 3. The number of carbonyl (C=O) groups excluding carboxylic acids is 3. The number of unbranched alkanes of at least 4 members (excludes halogenated alkanes) is 47. The van der Waals surface area contributed by atoms with E-state index < -0.39 is 6.10 Å². The van der Waals surface area contributed by atoms with E-state index in [4.69, 9.17) is 14.2 Å². The van der Waals surface area contributed by atoms with E-state index in [9.17, 15) is 14.4 Å². The van der Waals surface area contributed by atoms with Crippen LogP contribution in [0.25, 0.3) is 0 Å². The summed E-state index contributed by atoms with van der Waals surface area (Å²) in [5.41, 5.74) is 0. The van der Waals surface area contributed by atoms with Gasteiger partial charge in [-0.05, 0) is 57.8 Å². The molecule has 77 heavy (non-hydrogen) atoms. The van der Waals surface area contributed by atoms with E-state index in [1.165, 1.54) is 263 Å². The molecule has 452 valence electrons. The summed E-state index contributed by atoms with van der Waals surface area (Å²) >= 11 is 0. The van der Waals surface area contributed by atoms with Crippen LogP contribution >= 0.6 is 0 Å². The van der Waals surface area contributed by atoms with Crippen LogP contribution in [0.1, 0.15) is 380 Å². The fraction of sp³-hybridized carbons (Fsp3) is 0.873. The molecule has 0 amide bonds. The van der Waals surface area contributed by atoms with Crippen molar-refractivity contribution in [1.82, 2.24) is 0 Å². The number of ether oxygens (including phenoxy) is 3. The highest BCUT2D eigenvalue weighted by Gasteiger charge is 2.19. The molecule has 0 rings (SSSR count). The maximum Gasteiger partial charge on any atom is 0.306 e. The maximum atomic E-state index is 12.8. The third-order valence-corrected chi connectivity index (χ3v) is 15.6. The SMILES string of the molecule is CCCCC/C=C\C/C=C\C/C=C\CCCCCCCCC(=O)OC(COC(=O)CCCCCCCCC)COC(=O)CCCCCCCCCCCCCCCCCCCCCCCCCCCCCCCCCCC. The van der Waals surface area contributed by atoms with Crippen LogP contribution < -0.4 is 0 Å². The molecule has 0 spiro atoms. The maximum absolute atomic E-state index is 12.8. The molecule has 0 aliphatic rings. The Bertz CT molecular complexity index is 1290. The Balaban J connectivity index is 3.97. The summed E-state index contributed by atoms with van der Waals surface area (Å²) in [5.74, 6) is -0.871. The highest BCUT2D eigenvalue weighted by Crippen LogP contribution is 2.19. The Morgan fingerprint density at radius 1 is 0.260 bits per heavy atom. The first-order valence-electron chi connectivity index (χ1n) is 34.5. The van der Waals surface area contributed by atoms with Crippen molar-refractivity contribution in [2.24, 2.45) is 0 Å². The molecule has 6 heteroatoms. The molecule has 0 aromatic heterocycles. The summed E-state index contributed by atoms with van der Waals surface area (Å²) in [7, 11) is 0. The minimum absolute atomic E-state index is 0.0732. The summed E-state index contributed by atoms with van der Waals surface area (Å²) in [6.07, 6.45) is 82.2. The van der Waals surface area contributed by atoms with E-state index in [1.807, 2.05) is 0 Å². The first-order valence-corrected chi connectivity index (χ1v) is 34.5. The lowest BCUT2D eigenvalue weighted by Crippen LogP contribution is -2.30. The number of rotatable bonds is 64. The van der Waals surface area contributed by atoms with Gasteiger partial charge in [0.1, 0.15) is 13.2 Å². The van der Waals surface area contributed by atoms with E-state index in [-0.39, 0.29) is 31.1 Å². The predicted octanol–water partition coefficient (Wildman–Crippen LogP) is 23.6. The Morgan fingerprint density at radius 3 is 0.753 bits per heavy atom. The minimum atomic E-state index is -0.775. The molecule has 0 heterocycles. The Labute approximate surface area is 480 Å². The number of hydrogen-bond acceptors (Lipinski definition) is 6. The minimum Gasteiger partial charge on any atom is -0.462 e. The molecule has 0 fully saturated rings. The molecule has 0 aromatic carbocycles. The fourth-order valence-electron chi connectivity index (χ4n) is 10.5. The normalized spacial score (nSPS) is 12.2. The first kappa shape index (κ1) is 74.6. The third-order valence-electron chi connectivity index (χ3n) is 15.6. The van der Waals surface area contributed by atoms with Crippen LogP contribution in [0.4, 0.5) is 0 Å². The van der Waals surface area contributed by atoms with Gasteiger partial charge in [-0.25, -0.2) is 0 Å². The van der Waals surface area contributed by atoms with E-state index in [0.717, 1.165) is 77.0 Å². The number of carbonyl (C=O) groups is 3.